The number of aromatic nitrogens is 2. The number of nitrogens with two attached hydrogens (primary N) is 1. The molecule has 3 N–H and O–H groups in total. The highest BCUT2D eigenvalue weighted by molar-refractivity contribution is 8.18. The lowest BCUT2D eigenvalue weighted by Gasteiger charge is -2.32. The Kier molecular flexibility index (Phi) is 3.98. The second-order valence-corrected chi connectivity index (χ2v) is 6.83. The molecule has 1 unspecified atom stereocenters. The molecule has 0 aliphatic carbocycles. The van der Waals surface area contributed by atoms with Gasteiger partial charge in [-0.2, -0.15) is 0 Å². The number of carbonyl (C=O) groups is 2. The highest BCUT2D eigenvalue weighted by Crippen LogP contribution is 2.28. The van der Waals surface area contributed by atoms with Gasteiger partial charge in [0, 0.05) is 25.3 Å². The molecule has 2 aliphatic heterocycles. The summed E-state index contributed by atoms with van der Waals surface area (Å²) in [6.45, 7) is 1.29. The van der Waals surface area contributed by atoms with Gasteiger partial charge in [0.2, 0.25) is 5.95 Å². The first-order chi connectivity index (χ1) is 12.1. The number of fused-ring (bicyclic) bond motifs is 1. The first kappa shape index (κ1) is 15.8. The van der Waals surface area contributed by atoms with Crippen molar-refractivity contribution in [1.82, 2.24) is 15.3 Å². The molecular weight excluding hydrogens is 338 g/mol. The predicted molar refractivity (Wildman–Crippen MR) is 95.6 cm³/mol. The predicted octanol–water partition coefficient (Wildman–Crippen LogP) is 1.82. The van der Waals surface area contributed by atoms with Gasteiger partial charge in [0.25, 0.3) is 11.1 Å². The van der Waals surface area contributed by atoms with Crippen molar-refractivity contribution in [3.05, 3.63) is 58.3 Å². The monoisotopic (exact) mass is 353 g/mol. The number of amides is 2. The maximum Gasteiger partial charge on any atom is 0.290 e. The van der Waals surface area contributed by atoms with Crippen LogP contribution in [0.2, 0.25) is 0 Å². The van der Waals surface area contributed by atoms with Crippen LogP contribution in [0.3, 0.4) is 0 Å². The largest absolute Gasteiger partial charge is 0.335 e. The zero-order valence-electron chi connectivity index (χ0n) is 13.2. The Morgan fingerprint density at radius 3 is 2.92 bits per heavy atom. The van der Waals surface area contributed by atoms with Gasteiger partial charge in [-0.1, -0.05) is 24.3 Å². The second-order valence-electron chi connectivity index (χ2n) is 5.82. The third-order valence-electron chi connectivity index (χ3n) is 4.10. The number of imide groups is 1. The molecule has 2 aromatic rings. The van der Waals surface area contributed by atoms with Gasteiger partial charge in [0.1, 0.15) is 0 Å². The van der Waals surface area contributed by atoms with Crippen molar-refractivity contribution in [2.75, 3.05) is 11.4 Å². The van der Waals surface area contributed by atoms with Crippen molar-refractivity contribution < 1.29 is 9.59 Å². The van der Waals surface area contributed by atoms with Crippen LogP contribution in [0.15, 0.2) is 41.4 Å². The van der Waals surface area contributed by atoms with Crippen LogP contribution in [0, 0.1) is 0 Å². The summed E-state index contributed by atoms with van der Waals surface area (Å²) in [6.07, 6.45) is 3.23. The summed E-state index contributed by atoms with van der Waals surface area (Å²) in [6, 6.07) is 9.67. The Morgan fingerprint density at radius 1 is 1.28 bits per heavy atom. The summed E-state index contributed by atoms with van der Waals surface area (Å²) in [7, 11) is 0. The first-order valence-corrected chi connectivity index (χ1v) is 8.58. The van der Waals surface area contributed by atoms with Crippen LogP contribution in [-0.4, -0.2) is 27.7 Å². The highest BCUT2D eigenvalue weighted by Gasteiger charge is 2.26. The summed E-state index contributed by atoms with van der Waals surface area (Å²) < 4.78 is 0. The van der Waals surface area contributed by atoms with Crippen LogP contribution >= 0.6 is 11.8 Å². The molecule has 1 aromatic heterocycles. The van der Waals surface area contributed by atoms with Gasteiger partial charge in [0.15, 0.2) is 0 Å². The number of rotatable bonds is 2. The van der Waals surface area contributed by atoms with E-state index >= 15 is 0 Å². The Labute approximate surface area is 148 Å². The maximum absolute atomic E-state index is 11.7. The fraction of sp³-hybridized carbons (Fsp3) is 0.176. The lowest BCUT2D eigenvalue weighted by Crippen LogP contribution is -2.38. The van der Waals surface area contributed by atoms with Crippen molar-refractivity contribution in [3.63, 3.8) is 0 Å². The third-order valence-corrected chi connectivity index (χ3v) is 4.91. The number of thioether (sulfide) groups is 1. The molecule has 1 atom stereocenters. The summed E-state index contributed by atoms with van der Waals surface area (Å²) in [5.74, 6) is 0.151. The van der Waals surface area contributed by atoms with Crippen molar-refractivity contribution in [2.45, 2.75) is 12.6 Å². The molecule has 0 spiro atoms. The number of hydrogen-bond acceptors (Lipinski definition) is 7. The molecule has 7 nitrogen and oxygen atoms in total. The lowest BCUT2D eigenvalue weighted by atomic mass is 9.96. The van der Waals surface area contributed by atoms with Crippen LogP contribution < -0.4 is 16.0 Å². The van der Waals surface area contributed by atoms with E-state index in [1.54, 1.807) is 18.3 Å². The molecular formula is C17H15N5O2S. The molecule has 4 rings (SSSR count). The maximum atomic E-state index is 11.7. The van der Waals surface area contributed by atoms with Crippen molar-refractivity contribution in [2.24, 2.45) is 5.73 Å². The van der Waals surface area contributed by atoms with E-state index < -0.39 is 5.91 Å². The zero-order valence-corrected chi connectivity index (χ0v) is 14.0. The Hall–Kier alpha value is -2.71. The Morgan fingerprint density at radius 2 is 2.12 bits per heavy atom. The minimum atomic E-state index is -0.399. The average Bonchev–Trinajstić information content (AvgIpc) is 2.92. The Bertz CT molecular complexity index is 898. The summed E-state index contributed by atoms with van der Waals surface area (Å²) in [5, 5.41) is 1.86. The van der Waals surface area contributed by atoms with Gasteiger partial charge < -0.3 is 10.6 Å². The molecule has 1 aromatic carbocycles. The number of hydrogen-bond donors (Lipinski definition) is 2. The second kappa shape index (κ2) is 6.30. The van der Waals surface area contributed by atoms with E-state index in [-0.39, 0.29) is 11.3 Å². The molecule has 0 bridgehead atoms. The van der Waals surface area contributed by atoms with E-state index in [0.717, 1.165) is 22.9 Å². The zero-order chi connectivity index (χ0) is 17.4. The molecule has 3 heterocycles. The molecule has 2 amide bonds. The highest BCUT2D eigenvalue weighted by atomic mass is 32.2. The minimum absolute atomic E-state index is 0.107. The number of benzene rings is 1. The van der Waals surface area contributed by atoms with Gasteiger partial charge in [0.05, 0.1) is 10.6 Å². The number of anilines is 1. The van der Waals surface area contributed by atoms with Gasteiger partial charge in [-0.25, -0.2) is 9.97 Å². The molecule has 8 heteroatoms. The van der Waals surface area contributed by atoms with Crippen LogP contribution in [0.4, 0.5) is 10.7 Å². The van der Waals surface area contributed by atoms with Gasteiger partial charge in [-0.3, -0.25) is 14.9 Å². The molecule has 25 heavy (non-hydrogen) atoms. The molecule has 126 valence electrons. The molecule has 0 radical (unpaired) electrons. The third kappa shape index (κ3) is 3.13. The van der Waals surface area contributed by atoms with Gasteiger partial charge in [-0.05, 0) is 35.0 Å². The fourth-order valence-electron chi connectivity index (χ4n) is 2.95. The van der Waals surface area contributed by atoms with E-state index in [1.165, 1.54) is 0 Å². The Balaban J connectivity index is 1.61. The smallest absolute Gasteiger partial charge is 0.290 e. The van der Waals surface area contributed by atoms with Gasteiger partial charge >= 0.3 is 0 Å². The molecule has 0 saturated carbocycles. The quantitative estimate of drug-likeness (QED) is 0.794. The van der Waals surface area contributed by atoms with Crippen LogP contribution in [0.1, 0.15) is 22.9 Å². The first-order valence-electron chi connectivity index (χ1n) is 7.76. The van der Waals surface area contributed by atoms with E-state index in [1.807, 2.05) is 23.1 Å². The van der Waals surface area contributed by atoms with E-state index in [0.29, 0.717) is 29.6 Å². The summed E-state index contributed by atoms with van der Waals surface area (Å²) >= 11 is 0.869. The topological polar surface area (TPSA) is 101 Å². The number of carbonyl (C=O) groups excluding carboxylic acids is 2. The molecule has 1 fully saturated rings. The van der Waals surface area contributed by atoms with Crippen LogP contribution in [0.25, 0.3) is 6.08 Å². The molecule has 2 aliphatic rings. The SMILES string of the molecule is NC1CN(c2nccc(/C=C3/SC(=O)NC3=O)n2)Cc2ccccc21. The fourth-order valence-corrected chi connectivity index (χ4v) is 3.62. The van der Waals surface area contributed by atoms with Gasteiger partial charge in [-0.15, -0.1) is 0 Å². The van der Waals surface area contributed by atoms with Crippen molar-refractivity contribution in [3.8, 4) is 0 Å². The van der Waals surface area contributed by atoms with E-state index in [9.17, 15) is 9.59 Å². The van der Waals surface area contributed by atoms with E-state index in [4.69, 9.17) is 5.73 Å². The lowest BCUT2D eigenvalue weighted by molar-refractivity contribution is -0.115. The number of nitrogens with zero attached hydrogens (tertiary/aromatic N) is 3. The van der Waals surface area contributed by atoms with Crippen LogP contribution in [0.5, 0.6) is 0 Å². The van der Waals surface area contributed by atoms with Crippen molar-refractivity contribution >= 4 is 34.9 Å². The summed E-state index contributed by atoms with van der Waals surface area (Å²) in [5.41, 5.74) is 9.15. The average molecular weight is 353 g/mol. The molecule has 1 saturated heterocycles. The standard InChI is InChI=1S/C17H15N5O2S/c18-13-9-22(8-10-3-1-2-4-12(10)13)16-19-6-5-11(20-16)7-14-15(23)21-17(24)25-14/h1-7,13H,8-9,18H2,(H,21,23,24)/b14-7+. The number of nitrogens with one attached hydrogen (secondary N) is 1. The normalized spacial score (nSPS) is 21.4. The summed E-state index contributed by atoms with van der Waals surface area (Å²) in [4.78, 5) is 34.1. The minimum Gasteiger partial charge on any atom is -0.335 e. The van der Waals surface area contributed by atoms with E-state index in [2.05, 4.69) is 21.4 Å². The van der Waals surface area contributed by atoms with Crippen molar-refractivity contribution in [1.29, 1.82) is 0 Å². The van der Waals surface area contributed by atoms with Crippen LogP contribution in [-0.2, 0) is 11.3 Å².